The number of carbonyl (C=O) groups excluding carboxylic acids is 2. The van der Waals surface area contributed by atoms with Gasteiger partial charge >= 0.3 is 5.63 Å². The molecule has 3 N–H and O–H groups in total. The Balaban J connectivity index is 1.41. The average molecular weight is 409 g/mol. The zero-order valence-corrected chi connectivity index (χ0v) is 17.1. The van der Waals surface area contributed by atoms with Crippen molar-refractivity contribution in [2.45, 2.75) is 51.0 Å². The van der Waals surface area contributed by atoms with Crippen LogP contribution in [0.4, 0.5) is 5.69 Å². The Morgan fingerprint density at radius 3 is 2.57 bits per heavy atom. The van der Waals surface area contributed by atoms with Gasteiger partial charge in [0, 0.05) is 24.2 Å². The number of hydrogen-bond acceptors (Lipinski definition) is 5. The number of amides is 2. The number of piperidine rings is 1. The van der Waals surface area contributed by atoms with Crippen molar-refractivity contribution in [3.8, 4) is 0 Å². The third-order valence-corrected chi connectivity index (χ3v) is 5.61. The molecule has 2 aromatic rings. The van der Waals surface area contributed by atoms with Gasteiger partial charge < -0.3 is 20.4 Å². The van der Waals surface area contributed by atoms with Gasteiger partial charge in [0.2, 0.25) is 5.91 Å². The maximum atomic E-state index is 12.7. The molecule has 1 aromatic carbocycles. The van der Waals surface area contributed by atoms with Crippen molar-refractivity contribution in [3.63, 3.8) is 0 Å². The number of carbonyl (C=O) groups is 2. The molecule has 2 heterocycles. The predicted molar refractivity (Wildman–Crippen MR) is 114 cm³/mol. The molecule has 30 heavy (non-hydrogen) atoms. The summed E-state index contributed by atoms with van der Waals surface area (Å²) in [6, 6.07) is 9.21. The van der Waals surface area contributed by atoms with Crippen LogP contribution in [0.25, 0.3) is 0 Å². The SMILES string of the molecule is Cc1cc(C2CCCNC2)oc(=O)c1C(=O)Nc1ccc(CC(=O)NC2CC2)cc1. The smallest absolute Gasteiger partial charge is 0.349 e. The van der Waals surface area contributed by atoms with E-state index >= 15 is 0 Å². The Morgan fingerprint density at radius 1 is 1.17 bits per heavy atom. The van der Waals surface area contributed by atoms with Gasteiger partial charge in [0.05, 0.1) is 6.42 Å². The van der Waals surface area contributed by atoms with E-state index in [1.807, 2.05) is 0 Å². The van der Waals surface area contributed by atoms with Crippen LogP contribution in [0.5, 0.6) is 0 Å². The largest absolute Gasteiger partial charge is 0.427 e. The third-order valence-electron chi connectivity index (χ3n) is 5.61. The highest BCUT2D eigenvalue weighted by Gasteiger charge is 2.24. The van der Waals surface area contributed by atoms with Gasteiger partial charge in [-0.25, -0.2) is 4.79 Å². The Kier molecular flexibility index (Phi) is 5.99. The average Bonchev–Trinajstić information content (AvgIpc) is 3.53. The number of anilines is 1. The van der Waals surface area contributed by atoms with Gasteiger partial charge in [-0.1, -0.05) is 12.1 Å². The standard InChI is InChI=1S/C23H27N3O4/c1-14-11-19(16-3-2-10-24-13-16)30-23(29)21(14)22(28)26-18-6-4-15(5-7-18)12-20(27)25-17-8-9-17/h4-7,11,16-17,24H,2-3,8-10,12-13H2,1H3,(H,25,27)(H,26,28). The molecular formula is C23H27N3O4. The predicted octanol–water partition coefficient (Wildman–Crippen LogP) is 2.49. The molecule has 0 radical (unpaired) electrons. The fourth-order valence-corrected chi connectivity index (χ4v) is 3.79. The van der Waals surface area contributed by atoms with E-state index < -0.39 is 11.5 Å². The molecule has 0 spiro atoms. The first-order chi connectivity index (χ1) is 14.5. The van der Waals surface area contributed by atoms with E-state index in [0.717, 1.165) is 44.3 Å². The number of aryl methyl sites for hydroxylation is 1. The lowest BCUT2D eigenvalue weighted by Gasteiger charge is -2.22. The highest BCUT2D eigenvalue weighted by molar-refractivity contribution is 6.04. The van der Waals surface area contributed by atoms with Crippen molar-refractivity contribution < 1.29 is 14.0 Å². The fraction of sp³-hybridized carbons (Fsp3) is 0.435. The van der Waals surface area contributed by atoms with Crippen LogP contribution in [0.1, 0.15) is 58.8 Å². The van der Waals surface area contributed by atoms with Crippen molar-refractivity contribution in [1.82, 2.24) is 10.6 Å². The van der Waals surface area contributed by atoms with Crippen LogP contribution in [0.3, 0.4) is 0 Å². The Morgan fingerprint density at radius 2 is 1.93 bits per heavy atom. The van der Waals surface area contributed by atoms with E-state index in [0.29, 0.717) is 29.5 Å². The summed E-state index contributed by atoms with van der Waals surface area (Å²) in [7, 11) is 0. The molecule has 1 aliphatic carbocycles. The van der Waals surface area contributed by atoms with Gasteiger partial charge in [-0.2, -0.15) is 0 Å². The maximum Gasteiger partial charge on any atom is 0.349 e. The highest BCUT2D eigenvalue weighted by Crippen LogP contribution is 2.24. The van der Waals surface area contributed by atoms with Crippen LogP contribution in [-0.2, 0) is 11.2 Å². The second-order valence-electron chi connectivity index (χ2n) is 8.21. The molecule has 2 amide bonds. The molecule has 7 heteroatoms. The summed E-state index contributed by atoms with van der Waals surface area (Å²) in [6.07, 6.45) is 4.43. The minimum Gasteiger partial charge on any atom is -0.427 e. The number of benzene rings is 1. The second-order valence-corrected chi connectivity index (χ2v) is 8.21. The van der Waals surface area contributed by atoms with Crippen molar-refractivity contribution in [2.24, 2.45) is 0 Å². The van der Waals surface area contributed by atoms with Crippen molar-refractivity contribution in [3.05, 3.63) is 63.2 Å². The normalized spacial score (nSPS) is 18.6. The molecule has 4 rings (SSSR count). The Labute approximate surface area is 175 Å². The summed E-state index contributed by atoms with van der Waals surface area (Å²) in [4.78, 5) is 37.1. The lowest BCUT2D eigenvalue weighted by molar-refractivity contribution is -0.120. The molecule has 1 atom stereocenters. The Bertz CT molecular complexity index is 986. The van der Waals surface area contributed by atoms with Crippen LogP contribution in [-0.4, -0.2) is 30.9 Å². The van der Waals surface area contributed by atoms with Crippen molar-refractivity contribution in [2.75, 3.05) is 18.4 Å². The van der Waals surface area contributed by atoms with Gasteiger partial charge in [0.15, 0.2) is 0 Å². The molecule has 158 valence electrons. The van der Waals surface area contributed by atoms with E-state index in [4.69, 9.17) is 4.42 Å². The lowest BCUT2D eigenvalue weighted by atomic mass is 9.95. The summed E-state index contributed by atoms with van der Waals surface area (Å²) in [5.74, 6) is 0.312. The summed E-state index contributed by atoms with van der Waals surface area (Å²) in [6.45, 7) is 3.51. The van der Waals surface area contributed by atoms with Gasteiger partial charge in [-0.3, -0.25) is 9.59 Å². The summed E-state index contributed by atoms with van der Waals surface area (Å²) >= 11 is 0. The van der Waals surface area contributed by atoms with E-state index in [-0.39, 0.29) is 17.4 Å². The summed E-state index contributed by atoms with van der Waals surface area (Å²) < 4.78 is 5.49. The van der Waals surface area contributed by atoms with E-state index in [1.54, 1.807) is 37.3 Å². The second kappa shape index (κ2) is 8.83. The molecule has 2 fully saturated rings. The van der Waals surface area contributed by atoms with Crippen LogP contribution < -0.4 is 21.6 Å². The molecule has 2 aliphatic rings. The first-order valence-corrected chi connectivity index (χ1v) is 10.5. The van der Waals surface area contributed by atoms with Crippen molar-refractivity contribution in [1.29, 1.82) is 0 Å². The minimum absolute atomic E-state index is 0.00998. The van der Waals surface area contributed by atoms with Gasteiger partial charge in [-0.15, -0.1) is 0 Å². The molecule has 1 saturated heterocycles. The first-order valence-electron chi connectivity index (χ1n) is 10.5. The van der Waals surface area contributed by atoms with Crippen LogP contribution >= 0.6 is 0 Å². The van der Waals surface area contributed by atoms with Crippen LogP contribution in [0, 0.1) is 6.92 Å². The first kappa shape index (κ1) is 20.3. The number of nitrogens with one attached hydrogen (secondary N) is 3. The van der Waals surface area contributed by atoms with Crippen molar-refractivity contribution >= 4 is 17.5 Å². The van der Waals surface area contributed by atoms with E-state index in [1.165, 1.54) is 0 Å². The Hall–Kier alpha value is -2.93. The zero-order chi connectivity index (χ0) is 21.1. The van der Waals surface area contributed by atoms with Crippen LogP contribution in [0.2, 0.25) is 0 Å². The van der Waals surface area contributed by atoms with Gasteiger partial charge in [0.25, 0.3) is 5.91 Å². The summed E-state index contributed by atoms with van der Waals surface area (Å²) in [5, 5.41) is 9.01. The van der Waals surface area contributed by atoms with E-state index in [9.17, 15) is 14.4 Å². The third kappa shape index (κ3) is 4.97. The fourth-order valence-electron chi connectivity index (χ4n) is 3.79. The summed E-state index contributed by atoms with van der Waals surface area (Å²) in [5.41, 5.74) is 1.45. The lowest BCUT2D eigenvalue weighted by Crippen LogP contribution is -2.30. The quantitative estimate of drug-likeness (QED) is 0.681. The molecule has 1 aromatic heterocycles. The number of hydrogen-bond donors (Lipinski definition) is 3. The highest BCUT2D eigenvalue weighted by atomic mass is 16.4. The van der Waals surface area contributed by atoms with Gasteiger partial charge in [0.1, 0.15) is 11.3 Å². The molecular weight excluding hydrogens is 382 g/mol. The topological polar surface area (TPSA) is 100 Å². The molecule has 0 bridgehead atoms. The number of rotatable bonds is 6. The maximum absolute atomic E-state index is 12.7. The molecule has 1 aliphatic heterocycles. The molecule has 1 unspecified atom stereocenters. The monoisotopic (exact) mass is 409 g/mol. The minimum atomic E-state index is -0.610. The van der Waals surface area contributed by atoms with Crippen LogP contribution in [0.15, 0.2) is 39.5 Å². The van der Waals surface area contributed by atoms with Gasteiger partial charge in [-0.05, 0) is 68.5 Å². The van der Waals surface area contributed by atoms with E-state index in [2.05, 4.69) is 16.0 Å². The molecule has 7 nitrogen and oxygen atoms in total. The molecule has 1 saturated carbocycles. The zero-order valence-electron chi connectivity index (χ0n) is 17.1.